The Labute approximate surface area is 239 Å². The molecular formula is C28H32FN3O7S2. The molecule has 0 saturated heterocycles. The molecule has 3 atom stereocenters. The van der Waals surface area contributed by atoms with Crippen molar-refractivity contribution in [2.45, 2.75) is 35.8 Å². The van der Waals surface area contributed by atoms with Gasteiger partial charge in [0, 0.05) is 25.2 Å². The Bertz CT molecular complexity index is 1600. The van der Waals surface area contributed by atoms with Crippen LogP contribution in [0.4, 0.5) is 10.1 Å². The molecule has 1 amide bonds. The Kier molecular flexibility index (Phi) is 9.02. The van der Waals surface area contributed by atoms with E-state index in [1.54, 1.807) is 25.1 Å². The van der Waals surface area contributed by atoms with E-state index in [0.717, 1.165) is 24.3 Å². The van der Waals surface area contributed by atoms with Crippen LogP contribution >= 0.6 is 0 Å². The second-order valence-electron chi connectivity index (χ2n) is 9.99. The fraction of sp³-hybridized carbons (Fsp3) is 0.321. The Hall–Kier alpha value is -3.52. The molecule has 1 aliphatic rings. The van der Waals surface area contributed by atoms with Crippen molar-refractivity contribution in [1.29, 1.82) is 0 Å². The lowest BCUT2D eigenvalue weighted by molar-refractivity contribution is 0.0387. The van der Waals surface area contributed by atoms with E-state index in [-0.39, 0.29) is 52.4 Å². The number of halogens is 1. The first-order valence-electron chi connectivity index (χ1n) is 12.9. The average Bonchev–Trinajstić information content (AvgIpc) is 2.95. The topological polar surface area (TPSA) is 133 Å². The molecule has 41 heavy (non-hydrogen) atoms. The van der Waals surface area contributed by atoms with Crippen molar-refractivity contribution >= 4 is 31.6 Å². The lowest BCUT2D eigenvalue weighted by atomic mass is 9.99. The van der Waals surface area contributed by atoms with Crippen molar-refractivity contribution in [3.8, 4) is 5.75 Å². The summed E-state index contributed by atoms with van der Waals surface area (Å²) >= 11 is 0. The lowest BCUT2D eigenvalue weighted by Gasteiger charge is -2.38. The van der Waals surface area contributed by atoms with E-state index in [1.807, 2.05) is 6.92 Å². The number of hydrogen-bond donors (Lipinski definition) is 2. The minimum absolute atomic E-state index is 0.0354. The molecule has 10 nitrogen and oxygen atoms in total. The lowest BCUT2D eigenvalue weighted by Crippen LogP contribution is -2.50. The minimum atomic E-state index is -4.10. The van der Waals surface area contributed by atoms with Crippen LogP contribution in [0.3, 0.4) is 0 Å². The van der Waals surface area contributed by atoms with Crippen LogP contribution in [-0.4, -0.2) is 75.9 Å². The number of fused-ring (bicyclic) bond motifs is 1. The molecule has 3 aromatic carbocycles. The molecule has 0 aromatic heterocycles. The molecule has 0 aliphatic carbocycles. The van der Waals surface area contributed by atoms with Crippen LogP contribution in [0.5, 0.6) is 5.75 Å². The van der Waals surface area contributed by atoms with Crippen LogP contribution in [0.15, 0.2) is 82.6 Å². The normalized spacial score (nSPS) is 18.7. The van der Waals surface area contributed by atoms with Crippen LogP contribution in [0.25, 0.3) is 0 Å². The number of carbonyl (C=O) groups excluding carboxylic acids is 1. The highest BCUT2D eigenvalue weighted by Crippen LogP contribution is 2.32. The van der Waals surface area contributed by atoms with Crippen LogP contribution in [-0.2, 0) is 20.0 Å². The van der Waals surface area contributed by atoms with Gasteiger partial charge in [0.05, 0.1) is 34.5 Å². The molecule has 0 bridgehead atoms. The average molecular weight is 606 g/mol. The van der Waals surface area contributed by atoms with Gasteiger partial charge in [0.1, 0.15) is 17.7 Å². The van der Waals surface area contributed by atoms with Gasteiger partial charge in [0.15, 0.2) is 0 Å². The van der Waals surface area contributed by atoms with Gasteiger partial charge in [-0.05, 0) is 61.5 Å². The molecule has 13 heteroatoms. The van der Waals surface area contributed by atoms with Gasteiger partial charge in [-0.25, -0.2) is 21.2 Å². The van der Waals surface area contributed by atoms with Crippen molar-refractivity contribution in [1.82, 2.24) is 9.21 Å². The second kappa shape index (κ2) is 12.1. The SMILES string of the molecule is C[C@@H]1CN([C@@H](C)CO)C(=O)c2cc(NS(=O)(=O)c3ccc(F)cc3)ccc2O[C@@H]1CN(C)S(=O)(=O)c1ccccc1. The molecule has 4 rings (SSSR count). The van der Waals surface area contributed by atoms with Gasteiger partial charge in [-0.15, -0.1) is 0 Å². The summed E-state index contributed by atoms with van der Waals surface area (Å²) in [5.41, 5.74) is 0.102. The maximum absolute atomic E-state index is 13.6. The maximum Gasteiger partial charge on any atom is 0.261 e. The summed E-state index contributed by atoms with van der Waals surface area (Å²) < 4.78 is 75.2. The number of benzene rings is 3. The molecule has 2 N–H and O–H groups in total. The summed E-state index contributed by atoms with van der Waals surface area (Å²) in [6, 6.07) is 15.9. The van der Waals surface area contributed by atoms with E-state index in [2.05, 4.69) is 4.72 Å². The van der Waals surface area contributed by atoms with Crippen LogP contribution in [0.2, 0.25) is 0 Å². The molecule has 1 heterocycles. The summed E-state index contributed by atoms with van der Waals surface area (Å²) in [6.07, 6.45) is -0.694. The molecule has 0 spiro atoms. The fourth-order valence-corrected chi connectivity index (χ4v) is 6.71. The van der Waals surface area contributed by atoms with E-state index in [9.17, 15) is 31.1 Å². The summed E-state index contributed by atoms with van der Waals surface area (Å²) in [7, 11) is -6.48. The highest BCUT2D eigenvalue weighted by molar-refractivity contribution is 7.92. The maximum atomic E-state index is 13.6. The third-order valence-electron chi connectivity index (χ3n) is 6.93. The third kappa shape index (κ3) is 6.70. The summed E-state index contributed by atoms with van der Waals surface area (Å²) in [6.45, 7) is 3.29. The van der Waals surface area contributed by atoms with E-state index in [4.69, 9.17) is 4.74 Å². The van der Waals surface area contributed by atoms with E-state index in [1.165, 1.54) is 46.6 Å². The van der Waals surface area contributed by atoms with Crippen molar-refractivity contribution in [3.63, 3.8) is 0 Å². The van der Waals surface area contributed by atoms with Crippen LogP contribution in [0.1, 0.15) is 24.2 Å². The van der Waals surface area contributed by atoms with Crippen LogP contribution in [0, 0.1) is 11.7 Å². The first kappa shape index (κ1) is 30.4. The summed E-state index contributed by atoms with van der Waals surface area (Å²) in [5.74, 6) is -1.28. The number of aliphatic hydroxyl groups excluding tert-OH is 1. The monoisotopic (exact) mass is 605 g/mol. The number of sulfonamides is 2. The molecule has 0 radical (unpaired) electrons. The van der Waals surface area contributed by atoms with E-state index in [0.29, 0.717) is 0 Å². The molecule has 0 unspecified atom stereocenters. The van der Waals surface area contributed by atoms with E-state index < -0.39 is 43.9 Å². The quantitative estimate of drug-likeness (QED) is 0.383. The number of rotatable bonds is 9. The Morgan fingerprint density at radius 2 is 1.71 bits per heavy atom. The first-order chi connectivity index (χ1) is 19.3. The zero-order valence-electron chi connectivity index (χ0n) is 22.8. The van der Waals surface area contributed by atoms with Crippen molar-refractivity contribution in [2.24, 2.45) is 5.92 Å². The molecule has 0 saturated carbocycles. The minimum Gasteiger partial charge on any atom is -0.488 e. The fourth-order valence-electron chi connectivity index (χ4n) is 4.46. The van der Waals surface area contributed by atoms with Crippen molar-refractivity contribution < 1.29 is 35.9 Å². The van der Waals surface area contributed by atoms with Crippen molar-refractivity contribution in [3.05, 3.63) is 84.2 Å². The highest BCUT2D eigenvalue weighted by Gasteiger charge is 2.35. The summed E-state index contributed by atoms with van der Waals surface area (Å²) in [5, 5.41) is 9.87. The number of anilines is 1. The van der Waals surface area contributed by atoms with Crippen LogP contribution < -0.4 is 9.46 Å². The highest BCUT2D eigenvalue weighted by atomic mass is 32.2. The number of nitrogens with zero attached hydrogens (tertiary/aromatic N) is 2. The predicted octanol–water partition coefficient (Wildman–Crippen LogP) is 3.17. The molecule has 1 aliphatic heterocycles. The Balaban J connectivity index is 1.68. The predicted molar refractivity (Wildman–Crippen MR) is 151 cm³/mol. The molecule has 3 aromatic rings. The number of aliphatic hydroxyl groups is 1. The Morgan fingerprint density at radius 1 is 1.05 bits per heavy atom. The number of ether oxygens (including phenoxy) is 1. The third-order valence-corrected chi connectivity index (χ3v) is 10.2. The number of likely N-dealkylation sites (N-methyl/N-ethyl adjacent to an activating group) is 1. The Morgan fingerprint density at radius 3 is 2.34 bits per heavy atom. The number of nitrogens with one attached hydrogen (secondary N) is 1. The van der Waals surface area contributed by atoms with Gasteiger partial charge in [-0.2, -0.15) is 4.31 Å². The molecule has 0 fully saturated rings. The first-order valence-corrected chi connectivity index (χ1v) is 15.8. The van der Waals surface area contributed by atoms with Gasteiger partial charge in [-0.3, -0.25) is 9.52 Å². The standard InChI is InChI=1S/C28H32FN3O7S2/c1-19-16-32(20(2)18-33)28(34)25-15-22(30-40(35,36)23-12-9-21(29)10-13-23)11-14-26(25)39-27(19)17-31(3)41(37,38)24-7-5-4-6-8-24/h4-15,19-20,27,30,33H,16-18H2,1-3H3/t19-,20+,27-/m1/s1. The van der Waals surface area contributed by atoms with Gasteiger partial charge < -0.3 is 14.7 Å². The smallest absolute Gasteiger partial charge is 0.261 e. The van der Waals surface area contributed by atoms with Gasteiger partial charge >= 0.3 is 0 Å². The number of carbonyl (C=O) groups is 1. The van der Waals surface area contributed by atoms with Crippen molar-refractivity contribution in [2.75, 3.05) is 31.5 Å². The van der Waals surface area contributed by atoms with E-state index >= 15 is 0 Å². The molecule has 220 valence electrons. The largest absolute Gasteiger partial charge is 0.488 e. The zero-order chi connectivity index (χ0) is 29.9. The van der Waals surface area contributed by atoms with Gasteiger partial charge in [0.2, 0.25) is 10.0 Å². The molecular weight excluding hydrogens is 573 g/mol. The number of hydrogen-bond acceptors (Lipinski definition) is 7. The number of amides is 1. The second-order valence-corrected chi connectivity index (χ2v) is 13.7. The zero-order valence-corrected chi connectivity index (χ0v) is 24.4. The van der Waals surface area contributed by atoms with Gasteiger partial charge in [0.25, 0.3) is 15.9 Å². The van der Waals surface area contributed by atoms with Gasteiger partial charge in [-0.1, -0.05) is 25.1 Å². The summed E-state index contributed by atoms with van der Waals surface area (Å²) in [4.78, 5) is 15.1.